The third-order valence-corrected chi connectivity index (χ3v) is 7.86. The van der Waals surface area contributed by atoms with Gasteiger partial charge in [-0.3, -0.25) is 24.7 Å². The molecule has 11 heteroatoms. The van der Waals surface area contributed by atoms with Crippen LogP contribution in [0.3, 0.4) is 0 Å². The summed E-state index contributed by atoms with van der Waals surface area (Å²) in [6, 6.07) is 8.30. The Bertz CT molecular complexity index is 1420. The molecule has 0 radical (unpaired) electrons. The van der Waals surface area contributed by atoms with Crippen LogP contribution in [0.15, 0.2) is 47.2 Å². The molecule has 5 rings (SSSR count). The van der Waals surface area contributed by atoms with Gasteiger partial charge in [-0.25, -0.2) is 0 Å². The molecule has 2 aliphatic rings. The van der Waals surface area contributed by atoms with E-state index in [4.69, 9.17) is 4.74 Å². The van der Waals surface area contributed by atoms with Crippen molar-refractivity contribution < 1.29 is 19.2 Å². The number of nitrogens with one attached hydrogen (secondary N) is 1. The summed E-state index contributed by atoms with van der Waals surface area (Å²) < 4.78 is 5.77. The molecule has 1 N–H and O–H groups in total. The molecule has 1 aromatic heterocycles. The maximum atomic E-state index is 13.6. The lowest BCUT2D eigenvalue weighted by molar-refractivity contribution is -0.384. The number of pyridine rings is 1. The fourth-order valence-corrected chi connectivity index (χ4v) is 5.88. The Kier molecular flexibility index (Phi) is 7.97. The molecule has 2 aromatic carbocycles. The van der Waals surface area contributed by atoms with E-state index in [2.05, 4.69) is 26.2 Å². The van der Waals surface area contributed by atoms with Gasteiger partial charge in [0.15, 0.2) is 0 Å². The van der Waals surface area contributed by atoms with Gasteiger partial charge in [-0.1, -0.05) is 15.9 Å². The zero-order valence-corrected chi connectivity index (χ0v) is 23.3. The number of aromatic nitrogens is 1. The number of nitro benzene ring substituents is 1. The Morgan fingerprint density at radius 2 is 1.77 bits per heavy atom. The molecule has 39 heavy (non-hydrogen) atoms. The molecule has 0 aliphatic carbocycles. The average Bonchev–Trinajstić information content (AvgIpc) is 2.96. The maximum absolute atomic E-state index is 13.6. The monoisotopic (exact) mass is 595 g/mol. The van der Waals surface area contributed by atoms with Crippen molar-refractivity contribution in [1.29, 1.82) is 0 Å². The lowest BCUT2D eigenvalue weighted by Crippen LogP contribution is -2.45. The summed E-state index contributed by atoms with van der Waals surface area (Å²) in [5, 5.41) is 16.9. The number of nitro groups is 1. The fourth-order valence-electron chi connectivity index (χ4n) is 5.43. The van der Waals surface area contributed by atoms with Crippen LogP contribution in [0.4, 0.5) is 11.4 Å². The van der Waals surface area contributed by atoms with Crippen molar-refractivity contribution in [2.45, 2.75) is 38.1 Å². The number of benzene rings is 2. The molecule has 2 amide bonds. The quantitative estimate of drug-likeness (QED) is 0.305. The van der Waals surface area contributed by atoms with Gasteiger partial charge in [-0.05, 0) is 61.8 Å². The first-order valence-electron chi connectivity index (χ1n) is 13.1. The second-order valence-electron chi connectivity index (χ2n) is 9.97. The molecule has 3 heterocycles. The number of piperidine rings is 2. The van der Waals surface area contributed by atoms with Crippen LogP contribution in [0.2, 0.25) is 0 Å². The number of nitrogens with zero attached hydrogens (tertiary/aromatic N) is 4. The second kappa shape index (κ2) is 11.6. The summed E-state index contributed by atoms with van der Waals surface area (Å²) in [7, 11) is 1.59. The number of hydrogen-bond acceptors (Lipinski definition) is 7. The second-order valence-corrected chi connectivity index (χ2v) is 10.9. The number of carbonyl (C=O) groups is 2. The Labute approximate surface area is 234 Å². The number of amides is 2. The third-order valence-electron chi connectivity index (χ3n) is 7.41. The highest BCUT2D eigenvalue weighted by atomic mass is 79.9. The van der Waals surface area contributed by atoms with Crippen LogP contribution in [0, 0.1) is 10.1 Å². The molecule has 3 aromatic rings. The largest absolute Gasteiger partial charge is 0.497 e. The van der Waals surface area contributed by atoms with Gasteiger partial charge < -0.3 is 19.9 Å². The van der Waals surface area contributed by atoms with Crippen LogP contribution in [-0.4, -0.2) is 70.9 Å². The minimum atomic E-state index is -0.470. The number of hydrogen-bond donors (Lipinski definition) is 1. The summed E-state index contributed by atoms with van der Waals surface area (Å²) in [6.07, 6.45) is 7.60. The Balaban J connectivity index is 1.41. The fraction of sp³-hybridized carbons (Fsp3) is 0.393. The van der Waals surface area contributed by atoms with Crippen molar-refractivity contribution in [3.8, 4) is 5.75 Å². The summed E-state index contributed by atoms with van der Waals surface area (Å²) in [4.78, 5) is 46.4. The number of likely N-dealkylation sites (tertiary alicyclic amines) is 2. The molecule has 0 bridgehead atoms. The van der Waals surface area contributed by atoms with Crippen LogP contribution in [-0.2, 0) is 0 Å². The Hall–Kier alpha value is -3.73. The molecular weight excluding hydrogens is 566 g/mol. The first-order valence-corrected chi connectivity index (χ1v) is 13.9. The van der Waals surface area contributed by atoms with Crippen molar-refractivity contribution in [3.05, 3.63) is 68.4 Å². The standard InChI is InChI=1S/C28H30BrN5O5/c1-39-21-7-8-22-18(12-21)15-30-16-24(22)28(36)33-11-5-6-20(17-33)31-26-23(13-19(29)14-25(26)34(37)38)27(35)32-9-3-2-4-10-32/h7-8,12-16,20,31H,2-6,9-11,17H2,1H3/t20-/m1/s1. The first kappa shape index (κ1) is 26.9. The Morgan fingerprint density at radius 1 is 1.03 bits per heavy atom. The van der Waals surface area contributed by atoms with Crippen LogP contribution in [0.5, 0.6) is 5.75 Å². The van der Waals surface area contributed by atoms with Crippen molar-refractivity contribution in [1.82, 2.24) is 14.8 Å². The number of fused-ring (bicyclic) bond motifs is 1. The SMILES string of the molecule is COc1ccc2c(C(=O)N3CCC[C@@H](Nc4c(C(=O)N5CCCCC5)cc(Br)cc4[N+](=O)[O-])C3)cncc2c1. The number of ether oxygens (including phenoxy) is 1. The minimum absolute atomic E-state index is 0.153. The van der Waals surface area contributed by atoms with E-state index in [1.807, 2.05) is 18.2 Å². The predicted octanol–water partition coefficient (Wildman–Crippen LogP) is 5.26. The van der Waals surface area contributed by atoms with Crippen molar-refractivity contribution in [2.24, 2.45) is 0 Å². The lowest BCUT2D eigenvalue weighted by Gasteiger charge is -2.34. The van der Waals surface area contributed by atoms with E-state index in [0.717, 1.165) is 36.5 Å². The molecule has 2 saturated heterocycles. The van der Waals surface area contributed by atoms with E-state index < -0.39 is 4.92 Å². The molecule has 0 saturated carbocycles. The normalized spacial score (nSPS) is 17.6. The molecule has 204 valence electrons. The summed E-state index contributed by atoms with van der Waals surface area (Å²) in [6.45, 7) is 2.17. The molecule has 0 unspecified atom stereocenters. The van der Waals surface area contributed by atoms with Crippen LogP contribution >= 0.6 is 15.9 Å². The molecule has 1 atom stereocenters. The van der Waals surface area contributed by atoms with Crippen LogP contribution in [0.1, 0.15) is 52.8 Å². The van der Waals surface area contributed by atoms with Gasteiger partial charge in [0.2, 0.25) is 0 Å². The number of anilines is 1. The first-order chi connectivity index (χ1) is 18.9. The van der Waals surface area contributed by atoms with Crippen LogP contribution in [0.25, 0.3) is 10.8 Å². The lowest BCUT2D eigenvalue weighted by atomic mass is 10.0. The van der Waals surface area contributed by atoms with Gasteiger partial charge >= 0.3 is 0 Å². The van der Waals surface area contributed by atoms with Gasteiger partial charge in [-0.2, -0.15) is 0 Å². The predicted molar refractivity (Wildman–Crippen MR) is 151 cm³/mol. The highest BCUT2D eigenvalue weighted by Crippen LogP contribution is 2.35. The van der Waals surface area contributed by atoms with E-state index in [0.29, 0.717) is 48.4 Å². The summed E-state index contributed by atoms with van der Waals surface area (Å²) >= 11 is 3.35. The zero-order chi connectivity index (χ0) is 27.5. The van der Waals surface area contributed by atoms with Crippen molar-refractivity contribution in [3.63, 3.8) is 0 Å². The summed E-state index contributed by atoms with van der Waals surface area (Å²) in [5.41, 5.74) is 0.803. The highest BCUT2D eigenvalue weighted by Gasteiger charge is 2.31. The number of halogens is 1. The van der Waals surface area contributed by atoms with Gasteiger partial charge in [0.05, 0.1) is 23.2 Å². The Morgan fingerprint density at radius 3 is 2.51 bits per heavy atom. The molecule has 2 fully saturated rings. The number of rotatable bonds is 6. The van der Waals surface area contributed by atoms with Crippen molar-refractivity contribution in [2.75, 3.05) is 38.6 Å². The van der Waals surface area contributed by atoms with Crippen LogP contribution < -0.4 is 10.1 Å². The number of methoxy groups -OCH3 is 1. The van der Waals surface area contributed by atoms with Gasteiger partial charge in [0, 0.05) is 60.5 Å². The van der Waals surface area contributed by atoms with E-state index in [9.17, 15) is 19.7 Å². The van der Waals surface area contributed by atoms with Gasteiger partial charge in [0.25, 0.3) is 17.5 Å². The third kappa shape index (κ3) is 5.68. The van der Waals surface area contributed by atoms with Crippen molar-refractivity contribution >= 4 is 49.9 Å². The maximum Gasteiger partial charge on any atom is 0.294 e. The molecule has 2 aliphatic heterocycles. The zero-order valence-electron chi connectivity index (χ0n) is 21.7. The minimum Gasteiger partial charge on any atom is -0.497 e. The smallest absolute Gasteiger partial charge is 0.294 e. The summed E-state index contributed by atoms with van der Waals surface area (Å²) in [5.74, 6) is 0.310. The van der Waals surface area contributed by atoms with E-state index in [-0.39, 0.29) is 34.8 Å². The molecule has 0 spiro atoms. The average molecular weight is 596 g/mol. The number of carbonyl (C=O) groups excluding carboxylic acids is 2. The van der Waals surface area contributed by atoms with Gasteiger partial charge in [0.1, 0.15) is 11.4 Å². The highest BCUT2D eigenvalue weighted by molar-refractivity contribution is 9.10. The molecule has 10 nitrogen and oxygen atoms in total. The van der Waals surface area contributed by atoms with E-state index in [1.165, 1.54) is 6.07 Å². The molecular formula is C28H30BrN5O5. The van der Waals surface area contributed by atoms with Gasteiger partial charge in [-0.15, -0.1) is 0 Å². The van der Waals surface area contributed by atoms with E-state index in [1.54, 1.807) is 35.4 Å². The van der Waals surface area contributed by atoms with E-state index >= 15 is 0 Å². The topological polar surface area (TPSA) is 118 Å².